The van der Waals surface area contributed by atoms with Crippen LogP contribution in [0.5, 0.6) is 0 Å². The number of carbonyl (C=O) groups excluding carboxylic acids is 1. The minimum Gasteiger partial charge on any atom is -0.377 e. The van der Waals surface area contributed by atoms with Crippen LogP contribution in [0.1, 0.15) is 41.3 Å². The first-order valence-electron chi connectivity index (χ1n) is 7.40. The summed E-state index contributed by atoms with van der Waals surface area (Å²) in [5.41, 5.74) is 3.14. The fourth-order valence-corrected chi connectivity index (χ4v) is 3.02. The predicted octanol–water partition coefficient (Wildman–Crippen LogP) is 2.99. The molecule has 1 fully saturated rings. The van der Waals surface area contributed by atoms with Crippen molar-refractivity contribution in [2.45, 2.75) is 45.8 Å². The minimum absolute atomic E-state index is 0.232. The van der Waals surface area contributed by atoms with Crippen molar-refractivity contribution in [2.24, 2.45) is 0 Å². The Bertz CT molecular complexity index is 464. The molecule has 0 N–H and O–H groups in total. The zero-order valence-electron chi connectivity index (χ0n) is 13.0. The highest BCUT2D eigenvalue weighted by Gasteiger charge is 2.27. The van der Waals surface area contributed by atoms with Crippen LogP contribution >= 0.6 is 0 Å². The lowest BCUT2D eigenvalue weighted by Crippen LogP contribution is -2.37. The second-order valence-electron chi connectivity index (χ2n) is 5.96. The molecule has 1 aromatic rings. The van der Waals surface area contributed by atoms with Crippen molar-refractivity contribution in [2.75, 3.05) is 20.2 Å². The molecule has 3 nitrogen and oxygen atoms in total. The van der Waals surface area contributed by atoms with Crippen LogP contribution in [-0.2, 0) is 4.74 Å². The molecule has 1 aliphatic rings. The van der Waals surface area contributed by atoms with Crippen molar-refractivity contribution in [3.8, 4) is 0 Å². The van der Waals surface area contributed by atoms with Gasteiger partial charge in [-0.1, -0.05) is 17.2 Å². The van der Waals surface area contributed by atoms with Crippen LogP contribution in [0, 0.1) is 13.8 Å². The van der Waals surface area contributed by atoms with E-state index in [-0.39, 0.29) is 11.9 Å². The number of ketones is 1. The third-order valence-corrected chi connectivity index (χ3v) is 4.14. The number of aryl methyl sites for hydroxylation is 2. The highest BCUT2D eigenvalue weighted by Crippen LogP contribution is 2.19. The zero-order chi connectivity index (χ0) is 14.7. The molecule has 3 heteroatoms. The monoisotopic (exact) mass is 275 g/mol. The Balaban J connectivity index is 1.91. The predicted molar refractivity (Wildman–Crippen MR) is 81.3 cm³/mol. The Morgan fingerprint density at radius 3 is 2.50 bits per heavy atom. The number of hydrogen-bond donors (Lipinski definition) is 0. The summed E-state index contributed by atoms with van der Waals surface area (Å²) in [5.74, 6) is 0.232. The van der Waals surface area contributed by atoms with E-state index in [1.54, 1.807) is 0 Å². The lowest BCUT2D eigenvalue weighted by Gasteiger charge is -2.26. The Hall–Kier alpha value is -1.19. The van der Waals surface area contributed by atoms with E-state index in [0.29, 0.717) is 12.5 Å². The molecule has 1 aliphatic heterocycles. The van der Waals surface area contributed by atoms with Crippen molar-refractivity contribution in [3.05, 3.63) is 34.9 Å². The lowest BCUT2D eigenvalue weighted by molar-refractivity contribution is 0.0793. The fraction of sp³-hybridized carbons (Fsp3) is 0.588. The Labute approximate surface area is 121 Å². The second-order valence-corrected chi connectivity index (χ2v) is 5.96. The number of rotatable bonds is 5. The molecule has 1 aromatic carbocycles. The molecule has 0 aliphatic carbocycles. The molecule has 110 valence electrons. The molecule has 1 heterocycles. The first-order valence-corrected chi connectivity index (χ1v) is 7.40. The van der Waals surface area contributed by atoms with Crippen LogP contribution < -0.4 is 0 Å². The average Bonchev–Trinajstić information content (AvgIpc) is 2.80. The largest absolute Gasteiger partial charge is 0.377 e. The van der Waals surface area contributed by atoms with Gasteiger partial charge in [-0.2, -0.15) is 0 Å². The lowest BCUT2D eigenvalue weighted by atomic mass is 10.0. The van der Waals surface area contributed by atoms with Gasteiger partial charge >= 0.3 is 0 Å². The van der Waals surface area contributed by atoms with Gasteiger partial charge in [0.25, 0.3) is 0 Å². The number of nitrogens with zero attached hydrogens (tertiary/aromatic N) is 1. The Kier molecular flexibility index (Phi) is 4.95. The Morgan fingerprint density at radius 1 is 1.30 bits per heavy atom. The molecule has 1 saturated heterocycles. The van der Waals surface area contributed by atoms with Crippen LogP contribution in [0.3, 0.4) is 0 Å². The van der Waals surface area contributed by atoms with Crippen molar-refractivity contribution in [1.82, 2.24) is 4.90 Å². The summed E-state index contributed by atoms with van der Waals surface area (Å²) in [7, 11) is 2.09. The number of hydrogen-bond acceptors (Lipinski definition) is 3. The molecule has 0 spiro atoms. The van der Waals surface area contributed by atoms with E-state index in [1.165, 1.54) is 0 Å². The highest BCUT2D eigenvalue weighted by molar-refractivity contribution is 5.96. The third kappa shape index (κ3) is 3.68. The first kappa shape index (κ1) is 15.2. The number of likely N-dealkylation sites (N-methyl/N-ethyl adjacent to an activating group) is 1. The zero-order valence-corrected chi connectivity index (χ0v) is 13.0. The van der Waals surface area contributed by atoms with Crippen LogP contribution in [0.15, 0.2) is 18.2 Å². The SMILES string of the molecule is Cc1cc(C)cc(C(=O)CCN(C)C2CCOC2C)c1. The smallest absolute Gasteiger partial charge is 0.164 e. The van der Waals surface area contributed by atoms with Crippen molar-refractivity contribution in [3.63, 3.8) is 0 Å². The molecule has 20 heavy (non-hydrogen) atoms. The molecule has 0 bridgehead atoms. The van der Waals surface area contributed by atoms with Gasteiger partial charge in [0, 0.05) is 31.2 Å². The van der Waals surface area contributed by atoms with E-state index >= 15 is 0 Å². The van der Waals surface area contributed by atoms with Crippen molar-refractivity contribution < 1.29 is 9.53 Å². The quantitative estimate of drug-likeness (QED) is 0.774. The molecule has 0 aromatic heterocycles. The van der Waals surface area contributed by atoms with Gasteiger partial charge in [-0.15, -0.1) is 0 Å². The van der Waals surface area contributed by atoms with Crippen molar-refractivity contribution in [1.29, 1.82) is 0 Å². The third-order valence-electron chi connectivity index (χ3n) is 4.14. The number of benzene rings is 1. The standard InChI is InChI=1S/C17H25NO2/c1-12-9-13(2)11-15(10-12)17(19)5-7-18(4)16-6-8-20-14(16)3/h9-11,14,16H,5-8H2,1-4H3. The van der Waals surface area contributed by atoms with E-state index in [4.69, 9.17) is 4.74 Å². The first-order chi connectivity index (χ1) is 9.47. The number of Topliss-reactive ketones (excluding diaryl/α,β-unsaturated/α-hetero) is 1. The van der Waals surface area contributed by atoms with Crippen LogP contribution in [0.25, 0.3) is 0 Å². The van der Waals surface area contributed by atoms with Crippen LogP contribution in [-0.4, -0.2) is 43.0 Å². The van der Waals surface area contributed by atoms with Gasteiger partial charge in [0.15, 0.2) is 5.78 Å². The van der Waals surface area contributed by atoms with Gasteiger partial charge in [-0.05, 0) is 46.4 Å². The van der Waals surface area contributed by atoms with E-state index in [1.807, 2.05) is 26.0 Å². The van der Waals surface area contributed by atoms with Gasteiger partial charge in [0.1, 0.15) is 0 Å². The second kappa shape index (κ2) is 6.51. The summed E-state index contributed by atoms with van der Waals surface area (Å²) in [6.45, 7) is 7.81. The maximum Gasteiger partial charge on any atom is 0.164 e. The van der Waals surface area contributed by atoms with Crippen LogP contribution in [0.4, 0.5) is 0 Å². The van der Waals surface area contributed by atoms with Gasteiger partial charge < -0.3 is 9.64 Å². The Morgan fingerprint density at radius 2 is 1.95 bits per heavy atom. The summed E-state index contributed by atoms with van der Waals surface area (Å²) in [4.78, 5) is 14.6. The minimum atomic E-state index is 0.232. The molecule has 0 radical (unpaired) electrons. The molecule has 0 saturated carbocycles. The molecular formula is C17H25NO2. The summed E-state index contributed by atoms with van der Waals surface area (Å²) >= 11 is 0. The normalized spacial score (nSPS) is 22.4. The molecular weight excluding hydrogens is 250 g/mol. The van der Waals surface area contributed by atoms with Gasteiger partial charge in [-0.25, -0.2) is 0 Å². The molecule has 0 amide bonds. The average molecular weight is 275 g/mol. The summed E-state index contributed by atoms with van der Waals surface area (Å²) < 4.78 is 5.58. The van der Waals surface area contributed by atoms with Gasteiger partial charge in [0.05, 0.1) is 6.10 Å². The van der Waals surface area contributed by atoms with E-state index in [9.17, 15) is 4.79 Å². The molecule has 2 atom stereocenters. The summed E-state index contributed by atoms with van der Waals surface area (Å²) in [6, 6.07) is 6.51. The molecule has 2 rings (SSSR count). The van der Waals surface area contributed by atoms with Crippen molar-refractivity contribution >= 4 is 5.78 Å². The molecule has 2 unspecified atom stereocenters. The maximum atomic E-state index is 12.3. The summed E-state index contributed by atoms with van der Waals surface area (Å²) in [6.07, 6.45) is 1.91. The number of ether oxygens (including phenoxy) is 1. The topological polar surface area (TPSA) is 29.5 Å². The fourth-order valence-electron chi connectivity index (χ4n) is 3.02. The maximum absolute atomic E-state index is 12.3. The van der Waals surface area contributed by atoms with Gasteiger partial charge in [0.2, 0.25) is 0 Å². The van der Waals surface area contributed by atoms with Gasteiger partial charge in [-0.3, -0.25) is 4.79 Å². The highest BCUT2D eigenvalue weighted by atomic mass is 16.5. The summed E-state index contributed by atoms with van der Waals surface area (Å²) in [5, 5.41) is 0. The van der Waals surface area contributed by atoms with E-state index in [2.05, 4.69) is 24.9 Å². The van der Waals surface area contributed by atoms with Crippen LogP contribution in [0.2, 0.25) is 0 Å². The number of carbonyl (C=O) groups is 1. The van der Waals surface area contributed by atoms with E-state index in [0.717, 1.165) is 36.3 Å². The van der Waals surface area contributed by atoms with E-state index < -0.39 is 0 Å².